The van der Waals surface area contributed by atoms with Gasteiger partial charge in [-0.2, -0.15) is 5.10 Å². The summed E-state index contributed by atoms with van der Waals surface area (Å²) < 4.78 is 1.69. The molecule has 0 fully saturated rings. The van der Waals surface area contributed by atoms with Crippen molar-refractivity contribution in [1.29, 1.82) is 0 Å². The molecule has 1 aliphatic heterocycles. The van der Waals surface area contributed by atoms with Gasteiger partial charge in [0, 0.05) is 18.0 Å². The third-order valence-corrected chi connectivity index (χ3v) is 3.36. The zero-order valence-electron chi connectivity index (χ0n) is 10.5. The molecule has 0 spiro atoms. The largest absolute Gasteiger partial charge is 0.481 e. The first-order valence-electron chi connectivity index (χ1n) is 6.19. The SMILES string of the molecule is CCCC1c2cnn(CC)c2NC(=O)C1C(=O)O. The standard InChI is InChI=1S/C12H17N3O3/c1-3-5-7-8-6-13-15(4-2)10(8)14-11(16)9(7)12(17)18/h6-7,9H,3-5H2,1-2H3,(H,14,16)(H,17,18). The van der Waals surface area contributed by atoms with Crippen LogP contribution in [-0.2, 0) is 16.1 Å². The van der Waals surface area contributed by atoms with Crippen molar-refractivity contribution in [1.82, 2.24) is 9.78 Å². The average molecular weight is 251 g/mol. The summed E-state index contributed by atoms with van der Waals surface area (Å²) in [6.45, 7) is 4.55. The Morgan fingerprint density at radius 1 is 1.56 bits per heavy atom. The van der Waals surface area contributed by atoms with E-state index in [9.17, 15) is 14.7 Å². The van der Waals surface area contributed by atoms with Crippen LogP contribution in [0.5, 0.6) is 0 Å². The van der Waals surface area contributed by atoms with Gasteiger partial charge in [-0.25, -0.2) is 4.68 Å². The predicted molar refractivity (Wildman–Crippen MR) is 65.3 cm³/mol. The molecule has 2 atom stereocenters. The van der Waals surface area contributed by atoms with Gasteiger partial charge >= 0.3 is 5.97 Å². The fourth-order valence-corrected chi connectivity index (χ4v) is 2.52. The van der Waals surface area contributed by atoms with Crippen molar-refractivity contribution in [3.63, 3.8) is 0 Å². The Bertz CT molecular complexity index is 481. The summed E-state index contributed by atoms with van der Waals surface area (Å²) in [5.74, 6) is -2.15. The summed E-state index contributed by atoms with van der Waals surface area (Å²) in [5, 5.41) is 16.1. The minimum Gasteiger partial charge on any atom is -0.481 e. The third kappa shape index (κ3) is 1.87. The smallest absolute Gasteiger partial charge is 0.316 e. The summed E-state index contributed by atoms with van der Waals surface area (Å²) in [6, 6.07) is 0. The highest BCUT2D eigenvalue weighted by Gasteiger charge is 2.41. The fraction of sp³-hybridized carbons (Fsp3) is 0.583. The van der Waals surface area contributed by atoms with E-state index in [1.165, 1.54) is 0 Å². The highest BCUT2D eigenvalue weighted by molar-refractivity contribution is 6.07. The zero-order chi connectivity index (χ0) is 13.3. The molecule has 2 heterocycles. The highest BCUT2D eigenvalue weighted by atomic mass is 16.4. The molecule has 6 heteroatoms. The van der Waals surface area contributed by atoms with Crippen LogP contribution >= 0.6 is 0 Å². The number of carboxylic acids is 1. The molecule has 18 heavy (non-hydrogen) atoms. The molecule has 98 valence electrons. The molecule has 1 aromatic rings. The molecular weight excluding hydrogens is 234 g/mol. The van der Waals surface area contributed by atoms with Gasteiger partial charge in [0.15, 0.2) is 0 Å². The van der Waals surface area contributed by atoms with Crippen molar-refractivity contribution in [2.45, 2.75) is 39.2 Å². The Balaban J connectivity index is 2.46. The topological polar surface area (TPSA) is 84.2 Å². The molecule has 0 saturated carbocycles. The van der Waals surface area contributed by atoms with Crippen LogP contribution in [0.2, 0.25) is 0 Å². The molecule has 0 bridgehead atoms. The van der Waals surface area contributed by atoms with Crippen LogP contribution in [0.15, 0.2) is 6.20 Å². The lowest BCUT2D eigenvalue weighted by Gasteiger charge is -2.28. The molecule has 0 saturated heterocycles. The first kappa shape index (κ1) is 12.6. The van der Waals surface area contributed by atoms with Crippen LogP contribution in [0, 0.1) is 5.92 Å². The molecule has 0 aromatic carbocycles. The van der Waals surface area contributed by atoms with Crippen LogP contribution in [0.4, 0.5) is 5.82 Å². The maximum atomic E-state index is 11.9. The molecule has 1 aromatic heterocycles. The Hall–Kier alpha value is -1.85. The molecule has 2 rings (SSSR count). The second-order valence-electron chi connectivity index (χ2n) is 4.46. The van der Waals surface area contributed by atoms with Crippen LogP contribution in [0.25, 0.3) is 0 Å². The van der Waals surface area contributed by atoms with E-state index in [2.05, 4.69) is 10.4 Å². The number of amides is 1. The number of aryl methyl sites for hydroxylation is 1. The molecule has 6 nitrogen and oxygen atoms in total. The summed E-state index contributed by atoms with van der Waals surface area (Å²) >= 11 is 0. The van der Waals surface area contributed by atoms with Gasteiger partial charge in [-0.15, -0.1) is 0 Å². The molecular formula is C12H17N3O3. The monoisotopic (exact) mass is 251 g/mol. The van der Waals surface area contributed by atoms with Crippen molar-refractivity contribution >= 4 is 17.7 Å². The number of carbonyl (C=O) groups is 2. The first-order valence-corrected chi connectivity index (χ1v) is 6.19. The van der Waals surface area contributed by atoms with E-state index in [4.69, 9.17) is 0 Å². The lowest BCUT2D eigenvalue weighted by molar-refractivity contribution is -0.146. The Labute approximate surface area is 105 Å². The van der Waals surface area contributed by atoms with Crippen molar-refractivity contribution in [2.75, 3.05) is 5.32 Å². The number of anilines is 1. The van der Waals surface area contributed by atoms with Gasteiger partial charge in [0.05, 0.1) is 6.20 Å². The molecule has 2 N–H and O–H groups in total. The second kappa shape index (κ2) is 4.80. The van der Waals surface area contributed by atoms with Gasteiger partial charge in [-0.05, 0) is 13.3 Å². The summed E-state index contributed by atoms with van der Waals surface area (Å²) in [5.41, 5.74) is 0.839. The van der Waals surface area contributed by atoms with Gasteiger partial charge in [0.1, 0.15) is 11.7 Å². The number of hydrogen-bond acceptors (Lipinski definition) is 3. The molecule has 0 radical (unpaired) electrons. The van der Waals surface area contributed by atoms with E-state index in [0.717, 1.165) is 12.0 Å². The van der Waals surface area contributed by atoms with E-state index in [1.54, 1.807) is 10.9 Å². The van der Waals surface area contributed by atoms with Crippen LogP contribution in [0.3, 0.4) is 0 Å². The molecule has 1 amide bonds. The van der Waals surface area contributed by atoms with Crippen LogP contribution in [-0.4, -0.2) is 26.8 Å². The lowest BCUT2D eigenvalue weighted by Crippen LogP contribution is -2.39. The second-order valence-corrected chi connectivity index (χ2v) is 4.46. The maximum absolute atomic E-state index is 11.9. The van der Waals surface area contributed by atoms with Crippen LogP contribution < -0.4 is 5.32 Å². The number of nitrogens with one attached hydrogen (secondary N) is 1. The third-order valence-electron chi connectivity index (χ3n) is 3.36. The summed E-state index contributed by atoms with van der Waals surface area (Å²) in [6.07, 6.45) is 3.18. The number of hydrogen-bond donors (Lipinski definition) is 2. The van der Waals surface area contributed by atoms with Gasteiger partial charge in [-0.1, -0.05) is 13.3 Å². The van der Waals surface area contributed by atoms with E-state index >= 15 is 0 Å². The highest BCUT2D eigenvalue weighted by Crippen LogP contribution is 2.39. The molecule has 1 aliphatic rings. The number of nitrogens with zero attached hydrogens (tertiary/aromatic N) is 2. The number of carbonyl (C=O) groups excluding carboxylic acids is 1. The zero-order valence-corrected chi connectivity index (χ0v) is 10.5. The van der Waals surface area contributed by atoms with E-state index in [0.29, 0.717) is 18.8 Å². The molecule has 2 unspecified atom stereocenters. The molecule has 0 aliphatic carbocycles. The Morgan fingerprint density at radius 3 is 2.83 bits per heavy atom. The number of carboxylic acid groups (broad SMARTS) is 1. The van der Waals surface area contributed by atoms with Gasteiger partial charge < -0.3 is 10.4 Å². The number of aliphatic carboxylic acids is 1. The van der Waals surface area contributed by atoms with Crippen molar-refractivity contribution < 1.29 is 14.7 Å². The van der Waals surface area contributed by atoms with Gasteiger partial charge in [0.2, 0.25) is 5.91 Å². The quantitative estimate of drug-likeness (QED) is 0.793. The van der Waals surface area contributed by atoms with E-state index < -0.39 is 17.8 Å². The van der Waals surface area contributed by atoms with Crippen molar-refractivity contribution in [3.8, 4) is 0 Å². The first-order chi connectivity index (χ1) is 8.60. The Kier molecular flexibility index (Phi) is 3.36. The average Bonchev–Trinajstić information content (AvgIpc) is 2.71. The van der Waals surface area contributed by atoms with Gasteiger partial charge in [0.25, 0.3) is 0 Å². The number of aromatic nitrogens is 2. The van der Waals surface area contributed by atoms with Crippen molar-refractivity contribution in [3.05, 3.63) is 11.8 Å². The fourth-order valence-electron chi connectivity index (χ4n) is 2.52. The summed E-state index contributed by atoms with van der Waals surface area (Å²) in [7, 11) is 0. The lowest BCUT2D eigenvalue weighted by atomic mass is 9.81. The van der Waals surface area contributed by atoms with E-state index in [-0.39, 0.29) is 5.92 Å². The van der Waals surface area contributed by atoms with E-state index in [1.807, 2.05) is 13.8 Å². The normalized spacial score (nSPS) is 22.4. The van der Waals surface area contributed by atoms with Crippen LogP contribution in [0.1, 0.15) is 38.2 Å². The maximum Gasteiger partial charge on any atom is 0.316 e. The summed E-state index contributed by atoms with van der Waals surface area (Å²) in [4.78, 5) is 23.2. The van der Waals surface area contributed by atoms with Gasteiger partial charge in [-0.3, -0.25) is 9.59 Å². The number of rotatable bonds is 4. The minimum absolute atomic E-state index is 0.281. The predicted octanol–water partition coefficient (Wildman–Crippen LogP) is 1.44. The van der Waals surface area contributed by atoms with Crippen molar-refractivity contribution in [2.24, 2.45) is 5.92 Å². The Morgan fingerprint density at radius 2 is 2.28 bits per heavy atom. The number of fused-ring (bicyclic) bond motifs is 1. The minimum atomic E-state index is -1.07.